The average molecular weight is 279 g/mol. The van der Waals surface area contributed by atoms with E-state index in [2.05, 4.69) is 0 Å². The second kappa shape index (κ2) is 5.47. The number of aromatic hydroxyl groups is 1. The van der Waals surface area contributed by atoms with Crippen LogP contribution in [0.3, 0.4) is 0 Å². The van der Waals surface area contributed by atoms with E-state index >= 15 is 0 Å². The van der Waals surface area contributed by atoms with Crippen LogP contribution < -0.4 is 0 Å². The van der Waals surface area contributed by atoms with E-state index in [1.54, 1.807) is 24.3 Å². The zero-order valence-electron chi connectivity index (χ0n) is 9.82. The van der Waals surface area contributed by atoms with Gasteiger partial charge < -0.3 is 5.11 Å². The Morgan fingerprint density at radius 3 is 1.72 bits per heavy atom. The number of hydrogen-bond acceptors (Lipinski definition) is 1. The second-order valence-corrected chi connectivity index (χ2v) is 5.00. The molecule has 0 fully saturated rings. The number of aryl methyl sites for hydroxylation is 1. The number of benzene rings is 2. The third-order valence-corrected chi connectivity index (χ3v) is 3.06. The van der Waals surface area contributed by atoms with Gasteiger partial charge in [-0.25, -0.2) is 0 Å². The first-order valence-corrected chi connectivity index (χ1v) is 6.25. The summed E-state index contributed by atoms with van der Waals surface area (Å²) in [5, 5.41) is 9.30. The Balaban J connectivity index is 2.51. The van der Waals surface area contributed by atoms with E-state index in [1.165, 1.54) is 5.56 Å². The van der Waals surface area contributed by atoms with Gasteiger partial charge in [-0.15, -0.1) is 0 Å². The van der Waals surface area contributed by atoms with Crippen molar-refractivity contribution in [2.24, 2.45) is 0 Å². The van der Waals surface area contributed by atoms with Gasteiger partial charge in [-0.3, -0.25) is 0 Å². The molecule has 0 bridgehead atoms. The molecule has 2 aromatic rings. The van der Waals surface area contributed by atoms with Crippen molar-refractivity contribution >= 4 is 28.8 Å². The zero-order valence-corrected chi connectivity index (χ0v) is 11.3. The molecule has 0 saturated carbocycles. The molecule has 0 amide bonds. The van der Waals surface area contributed by atoms with Gasteiger partial charge >= 0.3 is 0 Å². The maximum atomic E-state index is 9.30. The molecule has 0 saturated heterocycles. The molecule has 0 aliphatic rings. The second-order valence-electron chi connectivity index (χ2n) is 4.05. The van der Waals surface area contributed by atoms with Crippen LogP contribution in [-0.2, 0) is 0 Å². The lowest BCUT2D eigenvalue weighted by atomic mass is 9.98. The van der Waals surface area contributed by atoms with Crippen LogP contribution >= 0.6 is 23.2 Å². The lowest BCUT2D eigenvalue weighted by molar-refractivity contribution is 0.475. The zero-order chi connectivity index (χ0) is 13.1. The molecule has 0 heterocycles. The maximum absolute atomic E-state index is 9.30. The van der Waals surface area contributed by atoms with Crippen LogP contribution in [0.1, 0.15) is 16.7 Å². The molecule has 18 heavy (non-hydrogen) atoms. The van der Waals surface area contributed by atoms with Gasteiger partial charge in [-0.2, -0.15) is 0 Å². The number of rotatable bonds is 2. The SMILES string of the molecule is Cc1ccc(C(=C(Cl)Cl)c2ccc(O)cc2)cc1. The molecule has 92 valence electrons. The average Bonchev–Trinajstić information content (AvgIpc) is 2.34. The van der Waals surface area contributed by atoms with Crippen LogP contribution in [0.5, 0.6) is 5.75 Å². The molecule has 0 radical (unpaired) electrons. The summed E-state index contributed by atoms with van der Waals surface area (Å²) in [7, 11) is 0. The summed E-state index contributed by atoms with van der Waals surface area (Å²) in [6.45, 7) is 2.02. The van der Waals surface area contributed by atoms with Crippen LogP contribution in [0.25, 0.3) is 5.57 Å². The van der Waals surface area contributed by atoms with Gasteiger partial charge in [0.25, 0.3) is 0 Å². The first-order valence-electron chi connectivity index (χ1n) is 5.49. The van der Waals surface area contributed by atoms with Crippen LogP contribution in [-0.4, -0.2) is 5.11 Å². The predicted octanol–water partition coefficient (Wildman–Crippen LogP) is 4.90. The van der Waals surface area contributed by atoms with Crippen LogP contribution in [0, 0.1) is 6.92 Å². The normalized spacial score (nSPS) is 10.2. The molecule has 2 aromatic carbocycles. The first-order chi connectivity index (χ1) is 8.58. The Hall–Kier alpha value is -1.44. The summed E-state index contributed by atoms with van der Waals surface area (Å²) in [4.78, 5) is 0. The van der Waals surface area contributed by atoms with E-state index in [0.717, 1.165) is 16.7 Å². The maximum Gasteiger partial charge on any atom is 0.115 e. The fraction of sp³-hybridized carbons (Fsp3) is 0.0667. The highest BCUT2D eigenvalue weighted by Crippen LogP contribution is 2.31. The molecule has 0 atom stereocenters. The van der Waals surface area contributed by atoms with Crippen molar-refractivity contribution in [1.82, 2.24) is 0 Å². The minimum atomic E-state index is 0.213. The van der Waals surface area contributed by atoms with Crippen molar-refractivity contribution in [3.8, 4) is 5.75 Å². The van der Waals surface area contributed by atoms with E-state index in [4.69, 9.17) is 23.2 Å². The summed E-state index contributed by atoms with van der Waals surface area (Å²) in [6, 6.07) is 14.8. The summed E-state index contributed by atoms with van der Waals surface area (Å²) in [5.41, 5.74) is 3.76. The summed E-state index contributed by atoms with van der Waals surface area (Å²) in [6.07, 6.45) is 0. The van der Waals surface area contributed by atoms with Gasteiger partial charge in [0.05, 0.1) is 0 Å². The number of halogens is 2. The van der Waals surface area contributed by atoms with Crippen molar-refractivity contribution < 1.29 is 5.11 Å². The van der Waals surface area contributed by atoms with Crippen LogP contribution in [0.15, 0.2) is 53.0 Å². The van der Waals surface area contributed by atoms with Gasteiger partial charge in [-0.1, -0.05) is 65.2 Å². The van der Waals surface area contributed by atoms with Crippen molar-refractivity contribution in [3.63, 3.8) is 0 Å². The third-order valence-electron chi connectivity index (χ3n) is 2.69. The highest BCUT2D eigenvalue weighted by Gasteiger charge is 2.09. The predicted molar refractivity (Wildman–Crippen MR) is 77.0 cm³/mol. The fourth-order valence-electron chi connectivity index (χ4n) is 1.73. The summed E-state index contributed by atoms with van der Waals surface area (Å²) in [5.74, 6) is 0.215. The molecule has 0 aliphatic carbocycles. The monoisotopic (exact) mass is 278 g/mol. The quantitative estimate of drug-likeness (QED) is 0.829. The molecule has 3 heteroatoms. The Morgan fingerprint density at radius 1 is 0.833 bits per heavy atom. The molecule has 1 N–H and O–H groups in total. The standard InChI is InChI=1S/C15H12Cl2O/c1-10-2-4-11(5-3-10)14(15(16)17)12-6-8-13(18)9-7-12/h2-9,18H,1H3. The molecule has 2 rings (SSSR count). The van der Waals surface area contributed by atoms with Crippen LogP contribution in [0.4, 0.5) is 0 Å². The van der Waals surface area contributed by atoms with E-state index in [9.17, 15) is 5.11 Å². The topological polar surface area (TPSA) is 20.2 Å². The minimum Gasteiger partial charge on any atom is -0.508 e. The van der Waals surface area contributed by atoms with Gasteiger partial charge in [-0.05, 0) is 30.2 Å². The molecule has 0 spiro atoms. The Kier molecular flexibility index (Phi) is 3.95. The van der Waals surface area contributed by atoms with Crippen molar-refractivity contribution in [2.45, 2.75) is 6.92 Å². The number of hydrogen-bond donors (Lipinski definition) is 1. The Bertz CT molecular complexity index is 517. The largest absolute Gasteiger partial charge is 0.508 e. The first kappa shape index (κ1) is 13.0. The van der Waals surface area contributed by atoms with Gasteiger partial charge in [0.1, 0.15) is 10.2 Å². The molecular weight excluding hydrogens is 267 g/mol. The number of phenolic OH excluding ortho intramolecular Hbond substituents is 1. The fourth-order valence-corrected chi connectivity index (χ4v) is 2.17. The molecule has 0 unspecified atom stereocenters. The van der Waals surface area contributed by atoms with Crippen molar-refractivity contribution in [2.75, 3.05) is 0 Å². The molecular formula is C15H12Cl2O. The van der Waals surface area contributed by atoms with E-state index in [1.807, 2.05) is 31.2 Å². The van der Waals surface area contributed by atoms with E-state index in [-0.39, 0.29) is 10.2 Å². The lowest BCUT2D eigenvalue weighted by Gasteiger charge is -2.09. The highest BCUT2D eigenvalue weighted by molar-refractivity contribution is 6.59. The molecule has 0 aromatic heterocycles. The van der Waals surface area contributed by atoms with Crippen LogP contribution in [0.2, 0.25) is 0 Å². The highest BCUT2D eigenvalue weighted by atomic mass is 35.5. The summed E-state index contributed by atoms with van der Waals surface area (Å²) < 4.78 is 0.213. The van der Waals surface area contributed by atoms with Crippen molar-refractivity contribution in [1.29, 1.82) is 0 Å². The molecule has 0 aliphatic heterocycles. The van der Waals surface area contributed by atoms with Crippen molar-refractivity contribution in [3.05, 3.63) is 69.7 Å². The Morgan fingerprint density at radius 2 is 1.28 bits per heavy atom. The van der Waals surface area contributed by atoms with Gasteiger partial charge in [0.2, 0.25) is 0 Å². The third kappa shape index (κ3) is 2.87. The van der Waals surface area contributed by atoms with E-state index in [0.29, 0.717) is 0 Å². The number of phenols is 1. The smallest absolute Gasteiger partial charge is 0.115 e. The van der Waals surface area contributed by atoms with Gasteiger partial charge in [0.15, 0.2) is 0 Å². The van der Waals surface area contributed by atoms with E-state index < -0.39 is 0 Å². The van der Waals surface area contributed by atoms with Gasteiger partial charge in [0, 0.05) is 5.57 Å². The molecule has 1 nitrogen and oxygen atoms in total. The summed E-state index contributed by atoms with van der Waals surface area (Å²) >= 11 is 11.9. The minimum absolute atomic E-state index is 0.213. The lowest BCUT2D eigenvalue weighted by Crippen LogP contribution is -1.89. The Labute approximate surface area is 116 Å².